The van der Waals surface area contributed by atoms with Crippen LogP contribution in [-0.2, 0) is 4.79 Å². The molecule has 1 saturated carbocycles. The van der Waals surface area contributed by atoms with Crippen molar-refractivity contribution >= 4 is 17.7 Å². The Kier molecular flexibility index (Phi) is 4.54. The van der Waals surface area contributed by atoms with E-state index in [0.717, 1.165) is 57.5 Å². The van der Waals surface area contributed by atoms with Gasteiger partial charge in [0.05, 0.1) is 0 Å². The summed E-state index contributed by atoms with van der Waals surface area (Å²) in [4.78, 5) is 28.1. The number of piperidine rings is 1. The predicted octanol–water partition coefficient (Wildman–Crippen LogP) is 1.92. The molecular formula is C18H27N5O. The highest BCUT2D eigenvalue weighted by atomic mass is 16.2. The molecule has 6 heteroatoms. The number of rotatable bonds is 4. The molecule has 4 rings (SSSR count). The molecule has 24 heavy (non-hydrogen) atoms. The summed E-state index contributed by atoms with van der Waals surface area (Å²) in [7, 11) is 0. The molecule has 0 unspecified atom stereocenters. The first-order chi connectivity index (χ1) is 11.8. The highest BCUT2D eigenvalue weighted by Gasteiger charge is 2.29. The molecule has 0 atom stereocenters. The lowest BCUT2D eigenvalue weighted by Gasteiger charge is -2.36. The minimum absolute atomic E-state index is 0.342. The second-order valence-corrected chi connectivity index (χ2v) is 7.28. The van der Waals surface area contributed by atoms with Gasteiger partial charge in [0.1, 0.15) is 5.82 Å². The molecule has 1 amide bonds. The van der Waals surface area contributed by atoms with Crippen molar-refractivity contribution in [2.75, 3.05) is 49.1 Å². The van der Waals surface area contributed by atoms with Crippen molar-refractivity contribution < 1.29 is 4.79 Å². The number of hydrogen-bond donors (Lipinski definition) is 0. The minimum Gasteiger partial charge on any atom is -0.353 e. The largest absolute Gasteiger partial charge is 0.353 e. The Hall–Kier alpha value is -1.85. The molecule has 6 nitrogen and oxygen atoms in total. The molecule has 1 aromatic rings. The molecule has 3 heterocycles. The van der Waals surface area contributed by atoms with Gasteiger partial charge in [-0.3, -0.25) is 4.79 Å². The second-order valence-electron chi connectivity index (χ2n) is 7.28. The van der Waals surface area contributed by atoms with Crippen LogP contribution in [0, 0.1) is 5.92 Å². The molecule has 130 valence electrons. The Labute approximate surface area is 143 Å². The summed E-state index contributed by atoms with van der Waals surface area (Å²) in [5.74, 6) is 2.87. The highest BCUT2D eigenvalue weighted by Crippen LogP contribution is 2.33. The summed E-state index contributed by atoms with van der Waals surface area (Å²) in [5, 5.41) is 0. The molecule has 1 aromatic heterocycles. The summed E-state index contributed by atoms with van der Waals surface area (Å²) in [5.41, 5.74) is 0. The summed E-state index contributed by atoms with van der Waals surface area (Å²) in [6.07, 6.45) is 8.89. The van der Waals surface area contributed by atoms with Crippen LogP contribution in [0.4, 0.5) is 11.8 Å². The van der Waals surface area contributed by atoms with Gasteiger partial charge in [0.15, 0.2) is 0 Å². The van der Waals surface area contributed by atoms with Crippen molar-refractivity contribution in [3.8, 4) is 0 Å². The smallest absolute Gasteiger partial charge is 0.227 e. The van der Waals surface area contributed by atoms with E-state index in [2.05, 4.69) is 14.8 Å². The molecule has 3 aliphatic rings. The van der Waals surface area contributed by atoms with Crippen LogP contribution in [0.3, 0.4) is 0 Å². The average molecular weight is 329 g/mol. The number of anilines is 2. The second kappa shape index (κ2) is 6.95. The number of amides is 1. The number of carbonyl (C=O) groups excluding carboxylic acids is 1. The number of aromatic nitrogens is 2. The standard InChI is InChI=1S/C18H27N5O/c24-17(14-15-4-5-15)22-12-10-21(11-13-22)16-6-7-19-18(20-16)23-8-2-1-3-9-23/h6-7,15H,1-5,8-14H2. The van der Waals surface area contributed by atoms with Gasteiger partial charge in [-0.2, -0.15) is 4.98 Å². The third-order valence-corrected chi connectivity index (χ3v) is 5.38. The van der Waals surface area contributed by atoms with Crippen LogP contribution in [0.5, 0.6) is 0 Å². The van der Waals surface area contributed by atoms with E-state index in [-0.39, 0.29) is 0 Å². The van der Waals surface area contributed by atoms with E-state index in [0.29, 0.717) is 11.8 Å². The normalized spacial score (nSPS) is 21.9. The van der Waals surface area contributed by atoms with Crippen molar-refractivity contribution in [2.24, 2.45) is 5.92 Å². The third kappa shape index (κ3) is 3.62. The molecule has 0 radical (unpaired) electrons. The molecule has 2 saturated heterocycles. The fraction of sp³-hybridized carbons (Fsp3) is 0.722. The Morgan fingerprint density at radius 3 is 2.46 bits per heavy atom. The van der Waals surface area contributed by atoms with Gasteiger partial charge in [-0.1, -0.05) is 0 Å². The van der Waals surface area contributed by atoms with Gasteiger partial charge in [-0.25, -0.2) is 4.98 Å². The summed E-state index contributed by atoms with van der Waals surface area (Å²) in [6.45, 7) is 5.49. The number of nitrogens with zero attached hydrogens (tertiary/aromatic N) is 5. The lowest BCUT2D eigenvalue weighted by Crippen LogP contribution is -2.49. The van der Waals surface area contributed by atoms with E-state index in [1.807, 2.05) is 17.2 Å². The van der Waals surface area contributed by atoms with E-state index < -0.39 is 0 Å². The van der Waals surface area contributed by atoms with Crippen molar-refractivity contribution in [3.05, 3.63) is 12.3 Å². The molecule has 3 fully saturated rings. The van der Waals surface area contributed by atoms with Crippen LogP contribution in [0.1, 0.15) is 38.5 Å². The van der Waals surface area contributed by atoms with E-state index in [1.165, 1.54) is 32.1 Å². The van der Waals surface area contributed by atoms with Crippen LogP contribution >= 0.6 is 0 Å². The first-order valence-electron chi connectivity index (χ1n) is 9.40. The van der Waals surface area contributed by atoms with Crippen molar-refractivity contribution in [3.63, 3.8) is 0 Å². The van der Waals surface area contributed by atoms with Gasteiger partial charge in [0.2, 0.25) is 11.9 Å². The van der Waals surface area contributed by atoms with Gasteiger partial charge in [0, 0.05) is 51.9 Å². The van der Waals surface area contributed by atoms with Crippen LogP contribution in [0.25, 0.3) is 0 Å². The molecular weight excluding hydrogens is 302 g/mol. The lowest BCUT2D eigenvalue weighted by molar-refractivity contribution is -0.131. The summed E-state index contributed by atoms with van der Waals surface area (Å²) < 4.78 is 0. The van der Waals surface area contributed by atoms with Gasteiger partial charge < -0.3 is 14.7 Å². The maximum absolute atomic E-state index is 12.2. The van der Waals surface area contributed by atoms with Crippen LogP contribution in [0.2, 0.25) is 0 Å². The number of carbonyl (C=O) groups is 1. The van der Waals surface area contributed by atoms with Crippen molar-refractivity contribution in [1.29, 1.82) is 0 Å². The van der Waals surface area contributed by atoms with Crippen molar-refractivity contribution in [1.82, 2.24) is 14.9 Å². The Balaban J connectivity index is 1.35. The van der Waals surface area contributed by atoms with Crippen LogP contribution < -0.4 is 9.80 Å². The SMILES string of the molecule is O=C(CC1CC1)N1CCN(c2ccnc(N3CCCCC3)n2)CC1. The minimum atomic E-state index is 0.342. The number of piperazine rings is 1. The van der Waals surface area contributed by atoms with Gasteiger partial charge in [-0.05, 0) is 44.1 Å². The molecule has 0 spiro atoms. The average Bonchev–Trinajstić information content (AvgIpc) is 3.47. The topological polar surface area (TPSA) is 52.6 Å². The van der Waals surface area contributed by atoms with E-state index in [4.69, 9.17) is 4.98 Å². The first kappa shape index (κ1) is 15.7. The zero-order valence-corrected chi connectivity index (χ0v) is 14.4. The molecule has 0 N–H and O–H groups in total. The van der Waals surface area contributed by atoms with E-state index >= 15 is 0 Å². The lowest BCUT2D eigenvalue weighted by atomic mass is 10.1. The Bertz CT molecular complexity index is 575. The van der Waals surface area contributed by atoms with E-state index in [9.17, 15) is 4.79 Å². The van der Waals surface area contributed by atoms with Crippen LogP contribution in [0.15, 0.2) is 12.3 Å². The fourth-order valence-corrected chi connectivity index (χ4v) is 3.64. The fourth-order valence-electron chi connectivity index (χ4n) is 3.64. The quantitative estimate of drug-likeness (QED) is 0.845. The van der Waals surface area contributed by atoms with Crippen LogP contribution in [-0.4, -0.2) is 60.0 Å². The summed E-state index contributed by atoms with van der Waals surface area (Å²) >= 11 is 0. The third-order valence-electron chi connectivity index (χ3n) is 5.38. The maximum Gasteiger partial charge on any atom is 0.227 e. The Morgan fingerprint density at radius 1 is 1.00 bits per heavy atom. The number of hydrogen-bond acceptors (Lipinski definition) is 5. The first-order valence-corrected chi connectivity index (χ1v) is 9.40. The molecule has 0 aromatic carbocycles. The molecule has 2 aliphatic heterocycles. The Morgan fingerprint density at radius 2 is 1.75 bits per heavy atom. The van der Waals surface area contributed by atoms with Gasteiger partial charge in [0.25, 0.3) is 0 Å². The monoisotopic (exact) mass is 329 g/mol. The highest BCUT2D eigenvalue weighted by molar-refractivity contribution is 5.77. The zero-order chi connectivity index (χ0) is 16.4. The maximum atomic E-state index is 12.2. The summed E-state index contributed by atoms with van der Waals surface area (Å²) in [6, 6.07) is 2.00. The van der Waals surface area contributed by atoms with Gasteiger partial charge >= 0.3 is 0 Å². The van der Waals surface area contributed by atoms with Gasteiger partial charge in [-0.15, -0.1) is 0 Å². The van der Waals surface area contributed by atoms with E-state index in [1.54, 1.807) is 0 Å². The van der Waals surface area contributed by atoms with Crippen molar-refractivity contribution in [2.45, 2.75) is 38.5 Å². The zero-order valence-electron chi connectivity index (χ0n) is 14.4. The molecule has 0 bridgehead atoms. The molecule has 1 aliphatic carbocycles. The predicted molar refractivity (Wildman–Crippen MR) is 94.2 cm³/mol.